The Morgan fingerprint density at radius 2 is 1.25 bits per heavy atom. The minimum Gasteiger partial charge on any atom is -0.308 e. The van der Waals surface area contributed by atoms with Crippen molar-refractivity contribution in [3.8, 4) is 0 Å². The molecule has 2 aromatic carbocycles. The van der Waals surface area contributed by atoms with E-state index in [4.69, 9.17) is 11.6 Å². The zero-order valence-corrected chi connectivity index (χ0v) is 15.4. The fourth-order valence-corrected chi connectivity index (χ4v) is 3.70. The first-order valence-electron chi connectivity index (χ1n) is 5.42. The second-order valence-electron chi connectivity index (χ2n) is 3.90. The van der Waals surface area contributed by atoms with Crippen LogP contribution in [-0.4, -0.2) is 6.03 Å². The van der Waals surface area contributed by atoms with Gasteiger partial charge in [0, 0.05) is 29.8 Å². The highest BCUT2D eigenvalue weighted by atomic mass is 79.9. The van der Waals surface area contributed by atoms with Crippen LogP contribution in [0.5, 0.6) is 0 Å². The minimum absolute atomic E-state index is 0.343. The van der Waals surface area contributed by atoms with Crippen molar-refractivity contribution in [2.75, 3.05) is 10.6 Å². The van der Waals surface area contributed by atoms with Gasteiger partial charge in [0.05, 0.1) is 0 Å². The molecule has 20 heavy (non-hydrogen) atoms. The summed E-state index contributed by atoms with van der Waals surface area (Å²) in [6.45, 7) is 0. The van der Waals surface area contributed by atoms with Gasteiger partial charge in [0.1, 0.15) is 0 Å². The summed E-state index contributed by atoms with van der Waals surface area (Å²) in [6.07, 6.45) is 0. The van der Waals surface area contributed by atoms with E-state index in [9.17, 15) is 4.79 Å². The molecule has 0 fully saturated rings. The zero-order valence-electron chi connectivity index (χ0n) is 9.88. The monoisotopic (exact) mass is 480 g/mol. The zero-order chi connectivity index (χ0) is 14.7. The van der Waals surface area contributed by atoms with Crippen LogP contribution in [0.25, 0.3) is 0 Å². The number of rotatable bonds is 2. The standard InChI is InChI=1S/C13H8Br3ClN2O/c14-7-1-8(15)4-11(3-7)18-13(20)19-12-5-9(16)2-10(17)6-12/h1-6H,(H2,18,19,20). The van der Waals surface area contributed by atoms with Crippen molar-refractivity contribution in [1.29, 1.82) is 0 Å². The van der Waals surface area contributed by atoms with E-state index in [0.29, 0.717) is 16.4 Å². The van der Waals surface area contributed by atoms with Gasteiger partial charge in [-0.05, 0) is 36.4 Å². The molecule has 2 rings (SSSR count). The molecule has 0 spiro atoms. The lowest BCUT2D eigenvalue weighted by molar-refractivity contribution is 0.262. The van der Waals surface area contributed by atoms with Crippen molar-refractivity contribution in [3.05, 3.63) is 54.8 Å². The molecule has 0 saturated carbocycles. The Kier molecular flexibility index (Phi) is 5.49. The molecular formula is C13H8Br3ClN2O. The largest absolute Gasteiger partial charge is 0.323 e. The molecule has 2 amide bonds. The van der Waals surface area contributed by atoms with Crippen LogP contribution >= 0.6 is 59.4 Å². The third-order valence-electron chi connectivity index (χ3n) is 2.24. The van der Waals surface area contributed by atoms with Crippen molar-refractivity contribution in [1.82, 2.24) is 0 Å². The van der Waals surface area contributed by atoms with E-state index in [0.717, 1.165) is 13.4 Å². The summed E-state index contributed by atoms with van der Waals surface area (Å²) < 4.78 is 2.53. The molecule has 2 aromatic rings. The van der Waals surface area contributed by atoms with Gasteiger partial charge in [0.15, 0.2) is 0 Å². The Hall–Kier alpha value is -0.560. The highest BCUT2D eigenvalue weighted by Gasteiger charge is 2.05. The van der Waals surface area contributed by atoms with E-state index in [-0.39, 0.29) is 6.03 Å². The number of hydrogen-bond acceptors (Lipinski definition) is 1. The van der Waals surface area contributed by atoms with Gasteiger partial charge in [0.25, 0.3) is 0 Å². The van der Waals surface area contributed by atoms with Crippen LogP contribution in [0, 0.1) is 0 Å². The first-order valence-corrected chi connectivity index (χ1v) is 8.18. The van der Waals surface area contributed by atoms with Gasteiger partial charge < -0.3 is 10.6 Å². The predicted molar refractivity (Wildman–Crippen MR) is 93.6 cm³/mol. The Labute approximate surface area is 146 Å². The van der Waals surface area contributed by atoms with Crippen LogP contribution in [0.4, 0.5) is 16.2 Å². The second kappa shape index (κ2) is 6.93. The summed E-state index contributed by atoms with van der Waals surface area (Å²) in [5.41, 5.74) is 1.28. The molecule has 0 radical (unpaired) electrons. The molecule has 0 aliphatic rings. The summed E-state index contributed by atoms with van der Waals surface area (Å²) >= 11 is 16.0. The number of anilines is 2. The molecule has 0 aromatic heterocycles. The Bertz CT molecular complexity index is 568. The van der Waals surface area contributed by atoms with Crippen molar-refractivity contribution < 1.29 is 4.79 Å². The molecule has 0 unspecified atom stereocenters. The number of nitrogens with one attached hydrogen (secondary N) is 2. The molecule has 2 N–H and O–H groups in total. The van der Waals surface area contributed by atoms with Gasteiger partial charge in [0.2, 0.25) is 0 Å². The summed E-state index contributed by atoms with van der Waals surface area (Å²) in [5, 5.41) is 6.00. The summed E-state index contributed by atoms with van der Waals surface area (Å²) in [5.74, 6) is 0. The average molecular weight is 483 g/mol. The number of carbonyl (C=O) groups excluding carboxylic acids is 1. The number of amides is 2. The van der Waals surface area contributed by atoms with Gasteiger partial charge in [-0.2, -0.15) is 0 Å². The Balaban J connectivity index is 2.08. The third kappa shape index (κ3) is 4.77. The molecular weight excluding hydrogens is 475 g/mol. The van der Waals surface area contributed by atoms with Gasteiger partial charge in [-0.15, -0.1) is 0 Å². The van der Waals surface area contributed by atoms with E-state index in [1.54, 1.807) is 30.3 Å². The number of carbonyl (C=O) groups is 1. The molecule has 3 nitrogen and oxygen atoms in total. The smallest absolute Gasteiger partial charge is 0.308 e. The summed E-state index contributed by atoms with van der Waals surface area (Å²) in [6, 6.07) is 10.3. The highest BCUT2D eigenvalue weighted by molar-refractivity contribution is 9.11. The van der Waals surface area contributed by atoms with Crippen molar-refractivity contribution in [3.63, 3.8) is 0 Å². The minimum atomic E-state index is -0.343. The Morgan fingerprint density at radius 1 is 0.800 bits per heavy atom. The highest BCUT2D eigenvalue weighted by Crippen LogP contribution is 2.25. The van der Waals surface area contributed by atoms with Crippen LogP contribution in [-0.2, 0) is 0 Å². The van der Waals surface area contributed by atoms with E-state index in [1.165, 1.54) is 0 Å². The first kappa shape index (κ1) is 15.8. The summed E-state index contributed by atoms with van der Waals surface area (Å²) in [7, 11) is 0. The molecule has 7 heteroatoms. The van der Waals surface area contributed by atoms with Crippen LogP contribution in [0.15, 0.2) is 49.8 Å². The third-order valence-corrected chi connectivity index (χ3v) is 3.83. The van der Waals surface area contributed by atoms with E-state index >= 15 is 0 Å². The number of urea groups is 1. The van der Waals surface area contributed by atoms with E-state index in [2.05, 4.69) is 58.4 Å². The summed E-state index contributed by atoms with van der Waals surface area (Å²) in [4.78, 5) is 11.9. The number of hydrogen-bond donors (Lipinski definition) is 2. The van der Waals surface area contributed by atoms with Gasteiger partial charge in [-0.25, -0.2) is 4.79 Å². The predicted octanol–water partition coefficient (Wildman–Crippen LogP) is 6.27. The first-order chi connectivity index (χ1) is 9.42. The molecule has 0 heterocycles. The van der Waals surface area contributed by atoms with Crippen LogP contribution in [0.3, 0.4) is 0 Å². The van der Waals surface area contributed by atoms with Crippen molar-refractivity contribution >= 4 is 76.8 Å². The number of benzene rings is 2. The van der Waals surface area contributed by atoms with Crippen molar-refractivity contribution in [2.45, 2.75) is 0 Å². The van der Waals surface area contributed by atoms with Crippen LogP contribution in [0.1, 0.15) is 0 Å². The second-order valence-corrected chi connectivity index (χ2v) is 7.08. The Morgan fingerprint density at radius 3 is 1.75 bits per heavy atom. The maximum Gasteiger partial charge on any atom is 0.323 e. The maximum atomic E-state index is 11.9. The molecule has 0 atom stereocenters. The topological polar surface area (TPSA) is 41.1 Å². The lowest BCUT2D eigenvalue weighted by Crippen LogP contribution is -2.19. The fraction of sp³-hybridized carbons (Fsp3) is 0. The molecule has 0 aliphatic heterocycles. The fourth-order valence-electron chi connectivity index (χ4n) is 1.55. The van der Waals surface area contributed by atoms with Crippen LogP contribution < -0.4 is 10.6 Å². The van der Waals surface area contributed by atoms with Gasteiger partial charge >= 0.3 is 6.03 Å². The molecule has 0 aliphatic carbocycles. The SMILES string of the molecule is O=C(Nc1cc(Cl)cc(Br)c1)Nc1cc(Br)cc(Br)c1. The molecule has 0 bridgehead atoms. The lowest BCUT2D eigenvalue weighted by atomic mass is 10.3. The lowest BCUT2D eigenvalue weighted by Gasteiger charge is -2.09. The van der Waals surface area contributed by atoms with E-state index in [1.807, 2.05) is 6.07 Å². The molecule has 104 valence electrons. The molecule has 0 saturated heterocycles. The van der Waals surface area contributed by atoms with Gasteiger partial charge in [-0.3, -0.25) is 0 Å². The number of halogens is 4. The quantitative estimate of drug-likeness (QED) is 0.520. The van der Waals surface area contributed by atoms with Gasteiger partial charge in [-0.1, -0.05) is 59.4 Å². The maximum absolute atomic E-state index is 11.9. The van der Waals surface area contributed by atoms with E-state index < -0.39 is 0 Å². The normalized spacial score (nSPS) is 10.2. The average Bonchev–Trinajstić information content (AvgIpc) is 2.24. The van der Waals surface area contributed by atoms with Crippen LogP contribution in [0.2, 0.25) is 5.02 Å². The van der Waals surface area contributed by atoms with Crippen molar-refractivity contribution in [2.24, 2.45) is 0 Å².